The minimum Gasteiger partial charge on any atom is -0.612 e. The average Bonchev–Trinajstić information content (AvgIpc) is 2.84. The van der Waals surface area contributed by atoms with E-state index in [-0.39, 0.29) is 5.82 Å². The van der Waals surface area contributed by atoms with Crippen LogP contribution < -0.4 is 5.90 Å². The van der Waals surface area contributed by atoms with Crippen LogP contribution >= 0.6 is 0 Å². The summed E-state index contributed by atoms with van der Waals surface area (Å²) in [5.41, 5.74) is 6.13. The lowest BCUT2D eigenvalue weighted by Crippen LogP contribution is -2.01. The molecule has 1 atom stereocenters. The zero-order valence-corrected chi connectivity index (χ0v) is 15.0. The smallest absolute Gasteiger partial charge is 0.152 e. The van der Waals surface area contributed by atoms with Gasteiger partial charge in [-0.15, -0.1) is 0 Å². The Labute approximate surface area is 150 Å². The zero-order valence-electron chi connectivity index (χ0n) is 14.2. The summed E-state index contributed by atoms with van der Waals surface area (Å²) in [7, 11) is 0. The summed E-state index contributed by atoms with van der Waals surface area (Å²) in [6.07, 6.45) is 4.36. The van der Waals surface area contributed by atoms with Crippen molar-refractivity contribution in [2.24, 2.45) is 5.90 Å². The van der Waals surface area contributed by atoms with Crippen LogP contribution in [0.2, 0.25) is 0 Å². The second-order valence-electron chi connectivity index (χ2n) is 6.00. The Morgan fingerprint density at radius 3 is 2.52 bits per heavy atom. The van der Waals surface area contributed by atoms with Crippen molar-refractivity contribution in [3.63, 3.8) is 0 Å². The van der Waals surface area contributed by atoms with E-state index in [0.29, 0.717) is 13.0 Å². The van der Waals surface area contributed by atoms with Gasteiger partial charge in [0.25, 0.3) is 0 Å². The van der Waals surface area contributed by atoms with Crippen molar-refractivity contribution in [1.82, 2.24) is 0 Å². The molecular formula is C20H20FNO2S. The molecule has 130 valence electrons. The van der Waals surface area contributed by atoms with Gasteiger partial charge in [-0.1, -0.05) is 6.07 Å². The number of hydrogen-bond acceptors (Lipinski definition) is 3. The number of nitrogens with two attached hydrogens (primary N) is 1. The average molecular weight is 357 g/mol. The van der Waals surface area contributed by atoms with E-state index < -0.39 is 11.2 Å². The van der Waals surface area contributed by atoms with Gasteiger partial charge in [0.05, 0.1) is 6.61 Å². The molecule has 5 heteroatoms. The predicted octanol–water partition coefficient (Wildman–Crippen LogP) is 4.17. The highest BCUT2D eigenvalue weighted by Crippen LogP contribution is 2.43. The van der Waals surface area contributed by atoms with Crippen LogP contribution in [-0.2, 0) is 16.0 Å². The molecule has 1 aliphatic rings. The molecule has 0 aromatic heterocycles. The molecule has 0 saturated heterocycles. The topological polar surface area (TPSA) is 58.3 Å². The van der Waals surface area contributed by atoms with Crippen LogP contribution in [0, 0.1) is 5.82 Å². The second kappa shape index (κ2) is 7.54. The van der Waals surface area contributed by atoms with Crippen molar-refractivity contribution in [1.29, 1.82) is 0 Å². The fourth-order valence-electron chi connectivity index (χ4n) is 3.16. The monoisotopic (exact) mass is 357 g/mol. The standard InChI is InChI=1S/C20H20FNO2S/c1-13-17(9-10-24-22)20-12-15(21)5-8-18(20)19(13)11-14-3-6-16(7-4-14)25(2)23/h3-8,11-12H,9-10,22H2,1-2H3/b19-11+. The lowest BCUT2D eigenvalue weighted by molar-refractivity contribution is 0.144. The van der Waals surface area contributed by atoms with Gasteiger partial charge in [-0.25, -0.2) is 10.3 Å². The third kappa shape index (κ3) is 3.70. The number of halogens is 1. The lowest BCUT2D eigenvalue weighted by atomic mass is 10.0. The fourth-order valence-corrected chi connectivity index (χ4v) is 3.68. The van der Waals surface area contributed by atoms with Gasteiger partial charge < -0.3 is 9.39 Å². The minimum atomic E-state index is -0.994. The zero-order chi connectivity index (χ0) is 18.0. The SMILES string of the molecule is CC1=C(CCON)c2cc(F)ccc2/C1=C/c1ccc([S+](C)[O-])cc1. The molecule has 2 N–H and O–H groups in total. The summed E-state index contributed by atoms with van der Waals surface area (Å²) in [5.74, 6) is 4.91. The Balaban J connectivity index is 2.04. The summed E-state index contributed by atoms with van der Waals surface area (Å²) in [6, 6.07) is 12.5. The van der Waals surface area contributed by atoms with Gasteiger partial charge in [-0.3, -0.25) is 0 Å². The van der Waals surface area contributed by atoms with Gasteiger partial charge in [-0.05, 0) is 100 Å². The summed E-state index contributed by atoms with van der Waals surface area (Å²) in [5, 5.41) is 0. The van der Waals surface area contributed by atoms with Crippen molar-refractivity contribution in [3.8, 4) is 0 Å². The Morgan fingerprint density at radius 2 is 1.88 bits per heavy atom. The predicted molar refractivity (Wildman–Crippen MR) is 100 cm³/mol. The second-order valence-corrected chi connectivity index (χ2v) is 7.38. The maximum atomic E-state index is 13.7. The third-order valence-electron chi connectivity index (χ3n) is 4.45. The van der Waals surface area contributed by atoms with Crippen molar-refractivity contribution < 1.29 is 13.8 Å². The van der Waals surface area contributed by atoms with Gasteiger partial charge in [0.15, 0.2) is 4.90 Å². The van der Waals surface area contributed by atoms with E-state index in [4.69, 9.17) is 10.7 Å². The Hall–Kier alpha value is -1.92. The molecule has 3 nitrogen and oxygen atoms in total. The van der Waals surface area contributed by atoms with Gasteiger partial charge in [-0.2, -0.15) is 0 Å². The molecular weight excluding hydrogens is 337 g/mol. The van der Waals surface area contributed by atoms with Crippen molar-refractivity contribution in [2.45, 2.75) is 18.2 Å². The Kier molecular flexibility index (Phi) is 5.39. The van der Waals surface area contributed by atoms with Crippen LogP contribution in [0.3, 0.4) is 0 Å². The molecule has 1 unspecified atom stereocenters. The number of allylic oxidation sites excluding steroid dienone is 2. The molecule has 0 aliphatic heterocycles. The van der Waals surface area contributed by atoms with Gasteiger partial charge in [0.2, 0.25) is 0 Å². The van der Waals surface area contributed by atoms with Crippen molar-refractivity contribution in [2.75, 3.05) is 12.9 Å². The van der Waals surface area contributed by atoms with Gasteiger partial charge >= 0.3 is 0 Å². The Bertz CT molecular complexity index is 841. The highest BCUT2D eigenvalue weighted by Gasteiger charge is 2.23. The minimum absolute atomic E-state index is 0.256. The highest BCUT2D eigenvalue weighted by atomic mass is 32.2. The largest absolute Gasteiger partial charge is 0.612 e. The van der Waals surface area contributed by atoms with Crippen LogP contribution in [0.15, 0.2) is 52.9 Å². The molecule has 0 amide bonds. The molecule has 2 aromatic rings. The van der Waals surface area contributed by atoms with E-state index in [1.165, 1.54) is 6.07 Å². The highest BCUT2D eigenvalue weighted by molar-refractivity contribution is 7.90. The molecule has 0 saturated carbocycles. The molecule has 1 aliphatic carbocycles. The van der Waals surface area contributed by atoms with Crippen molar-refractivity contribution >= 4 is 28.4 Å². The molecule has 3 rings (SSSR count). The van der Waals surface area contributed by atoms with Crippen LogP contribution in [-0.4, -0.2) is 17.4 Å². The van der Waals surface area contributed by atoms with E-state index in [1.807, 2.05) is 37.3 Å². The molecule has 0 bridgehead atoms. The first-order valence-electron chi connectivity index (χ1n) is 7.98. The fraction of sp³-hybridized carbons (Fsp3) is 0.200. The lowest BCUT2D eigenvalue weighted by Gasteiger charge is -2.06. The molecule has 0 radical (unpaired) electrons. The van der Waals surface area contributed by atoms with Crippen LogP contribution in [0.5, 0.6) is 0 Å². The van der Waals surface area contributed by atoms with Crippen LogP contribution in [0.1, 0.15) is 30.0 Å². The van der Waals surface area contributed by atoms with Crippen LogP contribution in [0.4, 0.5) is 4.39 Å². The first kappa shape index (κ1) is 17.9. The first-order chi connectivity index (χ1) is 12.0. The molecule has 25 heavy (non-hydrogen) atoms. The molecule has 0 heterocycles. The quantitative estimate of drug-likeness (QED) is 0.645. The summed E-state index contributed by atoms with van der Waals surface area (Å²) in [4.78, 5) is 5.51. The van der Waals surface area contributed by atoms with E-state index in [0.717, 1.165) is 38.3 Å². The maximum Gasteiger partial charge on any atom is 0.152 e. The van der Waals surface area contributed by atoms with Gasteiger partial charge in [0.1, 0.15) is 12.1 Å². The van der Waals surface area contributed by atoms with Crippen molar-refractivity contribution in [3.05, 3.63) is 70.5 Å². The normalized spacial score (nSPS) is 16.4. The molecule has 0 fully saturated rings. The van der Waals surface area contributed by atoms with Crippen LogP contribution in [0.25, 0.3) is 17.2 Å². The summed E-state index contributed by atoms with van der Waals surface area (Å²) < 4.78 is 25.3. The summed E-state index contributed by atoms with van der Waals surface area (Å²) in [6.45, 7) is 2.41. The molecule has 0 spiro atoms. The third-order valence-corrected chi connectivity index (χ3v) is 5.38. The van der Waals surface area contributed by atoms with E-state index in [2.05, 4.69) is 6.08 Å². The molecule has 2 aromatic carbocycles. The van der Waals surface area contributed by atoms with E-state index in [9.17, 15) is 8.94 Å². The van der Waals surface area contributed by atoms with E-state index in [1.54, 1.807) is 12.3 Å². The Morgan fingerprint density at radius 1 is 1.16 bits per heavy atom. The van der Waals surface area contributed by atoms with Gasteiger partial charge in [0, 0.05) is 0 Å². The van der Waals surface area contributed by atoms with E-state index >= 15 is 0 Å². The number of hydrogen-bond donors (Lipinski definition) is 1. The number of benzene rings is 2. The maximum absolute atomic E-state index is 13.7. The number of fused-ring (bicyclic) bond motifs is 1. The summed E-state index contributed by atoms with van der Waals surface area (Å²) >= 11 is -0.994. The number of rotatable bonds is 5. The first-order valence-corrected chi connectivity index (χ1v) is 9.54.